The van der Waals surface area contributed by atoms with Crippen molar-refractivity contribution in [2.45, 2.75) is 32.4 Å². The maximum atomic E-state index is 12.1. The lowest BCUT2D eigenvalue weighted by Gasteiger charge is -2.09. The van der Waals surface area contributed by atoms with Crippen LogP contribution in [0.2, 0.25) is 0 Å². The second-order valence-electron chi connectivity index (χ2n) is 4.78. The number of aromatic nitrogens is 1. The highest BCUT2D eigenvalue weighted by Gasteiger charge is 2.21. The standard InChI is InChI=1S/C13H20N2O4S/c1-7(20(4)19)5-6-14-12(16)10-8(2)11(13(17)18)15-9(10)3/h7,15H,5-6H2,1-4H3,(H,14,16)(H,17,18). The third-order valence-electron chi connectivity index (χ3n) is 3.28. The molecule has 6 nitrogen and oxygen atoms in total. The van der Waals surface area contributed by atoms with E-state index >= 15 is 0 Å². The Morgan fingerprint density at radius 2 is 2.00 bits per heavy atom. The van der Waals surface area contributed by atoms with Gasteiger partial charge in [0.2, 0.25) is 0 Å². The molecule has 1 rings (SSSR count). The SMILES string of the molecule is Cc1[nH]c(C(=O)O)c(C)c1C(=O)NCCC(C)S(C)=O. The van der Waals surface area contributed by atoms with E-state index in [1.807, 2.05) is 6.92 Å². The summed E-state index contributed by atoms with van der Waals surface area (Å²) in [5.74, 6) is -1.39. The summed E-state index contributed by atoms with van der Waals surface area (Å²) in [7, 11) is -0.916. The molecular weight excluding hydrogens is 280 g/mol. The van der Waals surface area contributed by atoms with Gasteiger partial charge in [-0.1, -0.05) is 6.92 Å². The zero-order valence-electron chi connectivity index (χ0n) is 12.1. The average molecular weight is 300 g/mol. The molecular formula is C13H20N2O4S. The predicted molar refractivity (Wildman–Crippen MR) is 77.7 cm³/mol. The number of nitrogens with one attached hydrogen (secondary N) is 2. The van der Waals surface area contributed by atoms with Crippen molar-refractivity contribution in [3.8, 4) is 0 Å². The summed E-state index contributed by atoms with van der Waals surface area (Å²) in [6, 6.07) is 0. The normalized spacial score (nSPS) is 13.8. The molecule has 0 aromatic carbocycles. The van der Waals surface area contributed by atoms with E-state index in [-0.39, 0.29) is 16.9 Å². The lowest BCUT2D eigenvalue weighted by molar-refractivity contribution is 0.0690. The van der Waals surface area contributed by atoms with E-state index in [2.05, 4.69) is 10.3 Å². The number of carbonyl (C=O) groups excluding carboxylic acids is 1. The highest BCUT2D eigenvalue weighted by Crippen LogP contribution is 2.17. The summed E-state index contributed by atoms with van der Waals surface area (Å²) in [5, 5.41) is 11.7. The maximum absolute atomic E-state index is 12.1. The van der Waals surface area contributed by atoms with Crippen LogP contribution in [-0.4, -0.2) is 44.2 Å². The Bertz CT molecular complexity index is 551. The van der Waals surface area contributed by atoms with E-state index in [1.54, 1.807) is 20.1 Å². The minimum Gasteiger partial charge on any atom is -0.477 e. The van der Waals surface area contributed by atoms with Gasteiger partial charge in [-0.2, -0.15) is 0 Å². The maximum Gasteiger partial charge on any atom is 0.352 e. The van der Waals surface area contributed by atoms with Crippen molar-refractivity contribution in [3.05, 3.63) is 22.5 Å². The van der Waals surface area contributed by atoms with Crippen LogP contribution in [0.3, 0.4) is 0 Å². The Morgan fingerprint density at radius 3 is 2.45 bits per heavy atom. The molecule has 0 saturated carbocycles. The van der Waals surface area contributed by atoms with Crippen LogP contribution >= 0.6 is 0 Å². The van der Waals surface area contributed by atoms with Crippen molar-refractivity contribution in [2.24, 2.45) is 0 Å². The predicted octanol–water partition coefficient (Wildman–Crippen LogP) is 1.22. The Kier molecular flexibility index (Phi) is 5.50. The molecule has 20 heavy (non-hydrogen) atoms. The Hall–Kier alpha value is -1.63. The zero-order valence-corrected chi connectivity index (χ0v) is 12.9. The van der Waals surface area contributed by atoms with Crippen LogP contribution in [0, 0.1) is 13.8 Å². The second kappa shape index (κ2) is 6.69. The summed E-state index contributed by atoms with van der Waals surface area (Å²) >= 11 is 0. The molecule has 1 aromatic rings. The number of hydrogen-bond donors (Lipinski definition) is 3. The lowest BCUT2D eigenvalue weighted by atomic mass is 10.1. The molecule has 112 valence electrons. The van der Waals surface area contributed by atoms with Gasteiger partial charge in [-0.15, -0.1) is 0 Å². The molecule has 0 fully saturated rings. The van der Waals surface area contributed by atoms with Crippen LogP contribution in [0.4, 0.5) is 0 Å². The van der Waals surface area contributed by atoms with Crippen molar-refractivity contribution < 1.29 is 18.9 Å². The molecule has 1 amide bonds. The van der Waals surface area contributed by atoms with Crippen LogP contribution in [0.5, 0.6) is 0 Å². The molecule has 0 saturated heterocycles. The fraction of sp³-hybridized carbons (Fsp3) is 0.538. The molecule has 1 aromatic heterocycles. The monoisotopic (exact) mass is 300 g/mol. The van der Waals surface area contributed by atoms with Crippen LogP contribution < -0.4 is 5.32 Å². The fourth-order valence-electron chi connectivity index (χ4n) is 1.95. The molecule has 0 radical (unpaired) electrons. The van der Waals surface area contributed by atoms with Crippen LogP contribution in [-0.2, 0) is 10.8 Å². The molecule has 0 bridgehead atoms. The Labute approximate surface area is 120 Å². The minimum absolute atomic E-state index is 0.0123. The number of aromatic amines is 1. The number of rotatable bonds is 6. The van der Waals surface area contributed by atoms with Gasteiger partial charge < -0.3 is 15.4 Å². The van der Waals surface area contributed by atoms with Crippen molar-refractivity contribution in [1.29, 1.82) is 0 Å². The first-order chi connectivity index (χ1) is 9.25. The summed E-state index contributed by atoms with van der Waals surface area (Å²) in [5.41, 5.74) is 1.37. The zero-order chi connectivity index (χ0) is 15.4. The number of amides is 1. The van der Waals surface area contributed by atoms with Gasteiger partial charge in [-0.25, -0.2) is 4.79 Å². The van der Waals surface area contributed by atoms with Crippen molar-refractivity contribution >= 4 is 22.7 Å². The number of carboxylic acids is 1. The number of carboxylic acid groups (broad SMARTS) is 1. The largest absolute Gasteiger partial charge is 0.477 e. The molecule has 0 aliphatic heterocycles. The first kappa shape index (κ1) is 16.4. The van der Waals surface area contributed by atoms with Crippen LogP contribution in [0.1, 0.15) is 45.4 Å². The van der Waals surface area contributed by atoms with Gasteiger partial charge in [0.15, 0.2) is 0 Å². The lowest BCUT2D eigenvalue weighted by Crippen LogP contribution is -2.28. The molecule has 3 N–H and O–H groups in total. The molecule has 7 heteroatoms. The summed E-state index contributed by atoms with van der Waals surface area (Å²) in [4.78, 5) is 25.8. The summed E-state index contributed by atoms with van der Waals surface area (Å²) in [6.45, 7) is 5.54. The highest BCUT2D eigenvalue weighted by molar-refractivity contribution is 7.84. The average Bonchev–Trinajstić information content (AvgIpc) is 2.64. The van der Waals surface area contributed by atoms with Gasteiger partial charge in [-0.3, -0.25) is 9.00 Å². The Balaban J connectivity index is 2.74. The van der Waals surface area contributed by atoms with Crippen LogP contribution in [0.25, 0.3) is 0 Å². The number of aromatic carboxylic acids is 1. The summed E-state index contributed by atoms with van der Waals surface area (Å²) < 4.78 is 11.2. The minimum atomic E-state index is -1.08. The van der Waals surface area contributed by atoms with Crippen molar-refractivity contribution in [1.82, 2.24) is 10.3 Å². The smallest absolute Gasteiger partial charge is 0.352 e. The van der Waals surface area contributed by atoms with E-state index in [4.69, 9.17) is 5.11 Å². The van der Waals surface area contributed by atoms with Gasteiger partial charge in [0.05, 0.1) is 5.56 Å². The number of hydrogen-bond acceptors (Lipinski definition) is 3. The second-order valence-corrected chi connectivity index (χ2v) is 6.59. The van der Waals surface area contributed by atoms with E-state index in [9.17, 15) is 13.8 Å². The van der Waals surface area contributed by atoms with E-state index in [1.165, 1.54) is 0 Å². The fourth-order valence-corrected chi connectivity index (χ4v) is 2.40. The topological polar surface area (TPSA) is 99.3 Å². The van der Waals surface area contributed by atoms with Gasteiger partial charge in [0, 0.05) is 34.5 Å². The van der Waals surface area contributed by atoms with E-state index < -0.39 is 16.8 Å². The number of H-pyrrole nitrogens is 1. The third-order valence-corrected chi connectivity index (χ3v) is 4.65. The van der Waals surface area contributed by atoms with E-state index in [0.717, 1.165) is 0 Å². The first-order valence-corrected chi connectivity index (χ1v) is 7.90. The Morgan fingerprint density at radius 1 is 1.40 bits per heavy atom. The number of aryl methyl sites for hydroxylation is 1. The van der Waals surface area contributed by atoms with Gasteiger partial charge in [0.1, 0.15) is 5.69 Å². The first-order valence-electron chi connectivity index (χ1n) is 6.28. The van der Waals surface area contributed by atoms with Gasteiger partial charge >= 0.3 is 5.97 Å². The van der Waals surface area contributed by atoms with Gasteiger partial charge in [-0.05, 0) is 25.8 Å². The van der Waals surface area contributed by atoms with Crippen LogP contribution in [0.15, 0.2) is 0 Å². The molecule has 1 heterocycles. The molecule has 0 aliphatic carbocycles. The summed E-state index contributed by atoms with van der Waals surface area (Å²) in [6.07, 6.45) is 2.25. The van der Waals surface area contributed by atoms with E-state index in [0.29, 0.717) is 29.8 Å². The molecule has 2 unspecified atom stereocenters. The molecule has 0 spiro atoms. The quantitative estimate of drug-likeness (QED) is 0.735. The molecule has 2 atom stereocenters. The van der Waals surface area contributed by atoms with Gasteiger partial charge in [0.25, 0.3) is 5.91 Å². The highest BCUT2D eigenvalue weighted by atomic mass is 32.2. The molecule has 0 aliphatic rings. The third kappa shape index (κ3) is 3.69. The van der Waals surface area contributed by atoms with Crippen molar-refractivity contribution in [3.63, 3.8) is 0 Å². The number of carbonyl (C=O) groups is 2. The van der Waals surface area contributed by atoms with Crippen molar-refractivity contribution in [2.75, 3.05) is 12.8 Å².